The van der Waals surface area contributed by atoms with Crippen LogP contribution in [0.3, 0.4) is 0 Å². The van der Waals surface area contributed by atoms with Crippen LogP contribution in [0, 0.1) is 0 Å². The van der Waals surface area contributed by atoms with E-state index in [9.17, 15) is 4.79 Å². The molecular formula is C6H12O3. The largest absolute Gasteiger partial charge is 0.390 e. The average molecular weight is 132 g/mol. The molecule has 0 aliphatic rings. The molecule has 9 heavy (non-hydrogen) atoms. The van der Waals surface area contributed by atoms with E-state index in [4.69, 9.17) is 10.2 Å². The van der Waals surface area contributed by atoms with Crippen LogP contribution < -0.4 is 0 Å². The summed E-state index contributed by atoms with van der Waals surface area (Å²) in [5.41, 5.74) is -1.58. The second-order valence-corrected chi connectivity index (χ2v) is 2.38. The van der Waals surface area contributed by atoms with Gasteiger partial charge in [0.2, 0.25) is 0 Å². The SMILES string of the molecule is CC(=O)[C@@](C)(O)[C@@H](C)O. The number of rotatable bonds is 2. The van der Waals surface area contributed by atoms with Gasteiger partial charge in [0.25, 0.3) is 0 Å². The second-order valence-electron chi connectivity index (χ2n) is 2.38. The van der Waals surface area contributed by atoms with Gasteiger partial charge >= 0.3 is 0 Å². The molecule has 3 nitrogen and oxygen atoms in total. The van der Waals surface area contributed by atoms with Crippen molar-refractivity contribution in [3.63, 3.8) is 0 Å². The molecule has 0 heterocycles. The first-order valence-electron chi connectivity index (χ1n) is 2.80. The summed E-state index contributed by atoms with van der Waals surface area (Å²) in [6, 6.07) is 0. The number of Topliss-reactive ketones (excluding diaryl/α,β-unsaturated/α-hetero) is 1. The molecule has 0 rings (SSSR count). The van der Waals surface area contributed by atoms with Crippen LogP contribution in [0.1, 0.15) is 20.8 Å². The van der Waals surface area contributed by atoms with Crippen LogP contribution >= 0.6 is 0 Å². The molecular weight excluding hydrogens is 120 g/mol. The smallest absolute Gasteiger partial charge is 0.163 e. The van der Waals surface area contributed by atoms with Crippen molar-refractivity contribution in [2.75, 3.05) is 0 Å². The summed E-state index contributed by atoms with van der Waals surface area (Å²) < 4.78 is 0. The first-order chi connectivity index (χ1) is 3.89. The molecule has 2 N–H and O–H groups in total. The molecule has 54 valence electrons. The normalized spacial score (nSPS) is 20.6. The third-order valence-electron chi connectivity index (χ3n) is 1.53. The minimum absolute atomic E-state index is 0.419. The third-order valence-corrected chi connectivity index (χ3v) is 1.53. The Morgan fingerprint density at radius 1 is 1.67 bits per heavy atom. The molecule has 0 radical (unpaired) electrons. The molecule has 0 bridgehead atoms. The molecule has 0 fully saturated rings. The molecule has 0 saturated carbocycles. The first-order valence-corrected chi connectivity index (χ1v) is 2.80. The van der Waals surface area contributed by atoms with Crippen molar-refractivity contribution in [2.24, 2.45) is 0 Å². The van der Waals surface area contributed by atoms with Crippen molar-refractivity contribution in [3.05, 3.63) is 0 Å². The number of carbonyl (C=O) groups is 1. The summed E-state index contributed by atoms with van der Waals surface area (Å²) in [6.45, 7) is 3.91. The lowest BCUT2D eigenvalue weighted by atomic mass is 9.96. The maximum atomic E-state index is 10.5. The molecule has 3 heteroatoms. The summed E-state index contributed by atoms with van der Waals surface area (Å²) in [5.74, 6) is -0.419. The van der Waals surface area contributed by atoms with Gasteiger partial charge in [-0.05, 0) is 20.8 Å². The predicted octanol–water partition coefficient (Wildman–Crippen LogP) is -0.293. The van der Waals surface area contributed by atoms with E-state index in [0.717, 1.165) is 0 Å². The van der Waals surface area contributed by atoms with E-state index < -0.39 is 17.5 Å². The van der Waals surface area contributed by atoms with E-state index in [0.29, 0.717) is 0 Å². The monoisotopic (exact) mass is 132 g/mol. The highest BCUT2D eigenvalue weighted by molar-refractivity contribution is 5.84. The maximum absolute atomic E-state index is 10.5. The van der Waals surface area contributed by atoms with Gasteiger partial charge in [-0.25, -0.2) is 0 Å². The van der Waals surface area contributed by atoms with Gasteiger partial charge in [-0.1, -0.05) is 0 Å². The standard InChI is InChI=1S/C6H12O3/c1-4(7)6(3,9)5(2)8/h4,7,9H,1-3H3/t4-,6+/m1/s1. The summed E-state index contributed by atoms with van der Waals surface area (Å²) in [4.78, 5) is 10.5. The van der Waals surface area contributed by atoms with Gasteiger partial charge in [0.05, 0.1) is 6.10 Å². The number of hydrogen-bond donors (Lipinski definition) is 2. The van der Waals surface area contributed by atoms with Crippen LogP contribution in [-0.2, 0) is 4.79 Å². The van der Waals surface area contributed by atoms with E-state index in [1.54, 1.807) is 0 Å². The summed E-state index contributed by atoms with van der Waals surface area (Å²) in [5, 5.41) is 17.8. The summed E-state index contributed by atoms with van der Waals surface area (Å²) in [7, 11) is 0. The molecule has 0 aliphatic heterocycles. The number of hydrogen-bond acceptors (Lipinski definition) is 3. The highest BCUT2D eigenvalue weighted by atomic mass is 16.3. The zero-order chi connectivity index (χ0) is 7.65. The van der Waals surface area contributed by atoms with Gasteiger partial charge in [-0.3, -0.25) is 4.79 Å². The fourth-order valence-electron chi connectivity index (χ4n) is 0.294. The first kappa shape index (κ1) is 8.59. The van der Waals surface area contributed by atoms with Gasteiger partial charge < -0.3 is 10.2 Å². The molecule has 0 amide bonds. The van der Waals surface area contributed by atoms with Gasteiger partial charge in [-0.15, -0.1) is 0 Å². The lowest BCUT2D eigenvalue weighted by molar-refractivity contribution is -0.143. The molecule has 0 saturated heterocycles. The van der Waals surface area contributed by atoms with Crippen LogP contribution in [0.5, 0.6) is 0 Å². The van der Waals surface area contributed by atoms with E-state index >= 15 is 0 Å². The molecule has 0 aliphatic carbocycles. The van der Waals surface area contributed by atoms with Crippen molar-refractivity contribution in [3.8, 4) is 0 Å². The lowest BCUT2D eigenvalue weighted by Gasteiger charge is -2.22. The predicted molar refractivity (Wildman–Crippen MR) is 33.0 cm³/mol. The Labute approximate surface area is 54.3 Å². The Bertz CT molecular complexity index is 115. The van der Waals surface area contributed by atoms with Crippen LogP contribution in [0.4, 0.5) is 0 Å². The quantitative estimate of drug-likeness (QED) is 0.542. The Morgan fingerprint density at radius 3 is 2.00 bits per heavy atom. The number of aliphatic hydroxyl groups is 2. The van der Waals surface area contributed by atoms with Gasteiger partial charge in [0.15, 0.2) is 5.78 Å². The average Bonchev–Trinajstić information content (AvgIpc) is 1.65. The number of ketones is 1. The third kappa shape index (κ3) is 1.77. The minimum atomic E-state index is -1.58. The summed E-state index contributed by atoms with van der Waals surface area (Å²) >= 11 is 0. The Hall–Kier alpha value is -0.410. The van der Waals surface area contributed by atoms with E-state index in [2.05, 4.69) is 0 Å². The van der Waals surface area contributed by atoms with Gasteiger partial charge in [0, 0.05) is 0 Å². The van der Waals surface area contributed by atoms with Crippen LogP contribution in [0.25, 0.3) is 0 Å². The van der Waals surface area contributed by atoms with Crippen LogP contribution in [-0.4, -0.2) is 27.7 Å². The van der Waals surface area contributed by atoms with E-state index in [1.165, 1.54) is 20.8 Å². The van der Waals surface area contributed by atoms with Crippen molar-refractivity contribution in [2.45, 2.75) is 32.5 Å². The van der Waals surface area contributed by atoms with E-state index in [1.807, 2.05) is 0 Å². The topological polar surface area (TPSA) is 57.5 Å². The number of aliphatic hydroxyl groups excluding tert-OH is 1. The van der Waals surface area contributed by atoms with Gasteiger partial charge in [-0.2, -0.15) is 0 Å². The molecule has 0 aromatic rings. The van der Waals surface area contributed by atoms with Gasteiger partial charge in [0.1, 0.15) is 5.60 Å². The fourth-order valence-corrected chi connectivity index (χ4v) is 0.294. The van der Waals surface area contributed by atoms with Crippen LogP contribution in [0.15, 0.2) is 0 Å². The number of carbonyl (C=O) groups excluding carboxylic acids is 1. The molecule has 2 atom stereocenters. The molecule has 0 spiro atoms. The second kappa shape index (κ2) is 2.45. The van der Waals surface area contributed by atoms with E-state index in [-0.39, 0.29) is 0 Å². The highest BCUT2D eigenvalue weighted by Crippen LogP contribution is 2.09. The Balaban J connectivity index is 4.19. The van der Waals surface area contributed by atoms with Crippen molar-refractivity contribution in [1.82, 2.24) is 0 Å². The molecule has 0 unspecified atom stereocenters. The Kier molecular flexibility index (Phi) is 2.34. The zero-order valence-electron chi connectivity index (χ0n) is 5.88. The van der Waals surface area contributed by atoms with Crippen molar-refractivity contribution >= 4 is 5.78 Å². The van der Waals surface area contributed by atoms with Crippen molar-refractivity contribution in [1.29, 1.82) is 0 Å². The lowest BCUT2D eigenvalue weighted by Crippen LogP contribution is -2.43. The molecule has 0 aromatic heterocycles. The van der Waals surface area contributed by atoms with Crippen LogP contribution in [0.2, 0.25) is 0 Å². The molecule has 0 aromatic carbocycles. The maximum Gasteiger partial charge on any atom is 0.163 e. The Morgan fingerprint density at radius 2 is 2.00 bits per heavy atom. The highest BCUT2D eigenvalue weighted by Gasteiger charge is 2.31. The fraction of sp³-hybridized carbons (Fsp3) is 0.833. The zero-order valence-corrected chi connectivity index (χ0v) is 5.88. The van der Waals surface area contributed by atoms with Crippen molar-refractivity contribution < 1.29 is 15.0 Å². The summed E-state index contributed by atoms with van der Waals surface area (Å²) in [6.07, 6.45) is -1.00. The minimum Gasteiger partial charge on any atom is -0.390 e.